The van der Waals surface area contributed by atoms with Crippen molar-refractivity contribution in [2.75, 3.05) is 13.7 Å². The van der Waals surface area contributed by atoms with Crippen LogP contribution < -0.4 is 0 Å². The van der Waals surface area contributed by atoms with Crippen LogP contribution in [-0.4, -0.2) is 45.4 Å². The number of ether oxygens (including phenoxy) is 1. The second kappa shape index (κ2) is 7.01. The Morgan fingerprint density at radius 2 is 1.56 bits per heavy atom. The molecule has 1 aliphatic rings. The van der Waals surface area contributed by atoms with E-state index in [1.54, 1.807) is 6.92 Å². The van der Waals surface area contributed by atoms with E-state index < -0.39 is 44.6 Å². The first-order chi connectivity index (χ1) is 11.8. The summed E-state index contributed by atoms with van der Waals surface area (Å²) in [4.78, 5) is 0. The van der Waals surface area contributed by atoms with E-state index in [-0.39, 0.29) is 25.9 Å². The highest BCUT2D eigenvalue weighted by Gasteiger charge is 2.86. The van der Waals surface area contributed by atoms with E-state index in [0.717, 1.165) is 6.08 Å². The molecule has 0 fully saturated rings. The van der Waals surface area contributed by atoms with Gasteiger partial charge in [0.15, 0.2) is 0 Å². The number of halogens is 9. The normalized spacial score (nSPS) is 23.1. The summed E-state index contributed by atoms with van der Waals surface area (Å²) in [5.74, 6) is -15.4. The summed E-state index contributed by atoms with van der Waals surface area (Å²) in [6.07, 6.45) is -6.44. The molecule has 1 unspecified atom stereocenters. The Bertz CT molecular complexity index is 684. The highest BCUT2D eigenvalue weighted by atomic mass is 32.2. The lowest BCUT2D eigenvalue weighted by molar-refractivity contribution is -0.382. The van der Waals surface area contributed by atoms with Crippen LogP contribution in [0.3, 0.4) is 0 Å². The van der Waals surface area contributed by atoms with Crippen molar-refractivity contribution in [2.24, 2.45) is 5.41 Å². The van der Waals surface area contributed by atoms with Crippen LogP contribution in [0.15, 0.2) is 11.8 Å². The average molecular weight is 438 g/mol. The van der Waals surface area contributed by atoms with Crippen molar-refractivity contribution in [2.45, 2.75) is 49.5 Å². The van der Waals surface area contributed by atoms with Crippen molar-refractivity contribution in [3.8, 4) is 0 Å². The molecule has 0 amide bonds. The molecule has 160 valence electrons. The minimum atomic E-state index is -7.32. The van der Waals surface area contributed by atoms with Gasteiger partial charge < -0.3 is 8.92 Å². The quantitative estimate of drug-likeness (QED) is 0.435. The zero-order valence-electron chi connectivity index (χ0n) is 13.8. The molecule has 0 aromatic rings. The van der Waals surface area contributed by atoms with Crippen LogP contribution in [0, 0.1) is 5.41 Å². The Morgan fingerprint density at radius 3 is 1.93 bits per heavy atom. The van der Waals surface area contributed by atoms with Gasteiger partial charge in [-0.25, -0.2) is 0 Å². The molecule has 1 rings (SSSR count). The van der Waals surface area contributed by atoms with Gasteiger partial charge in [0.2, 0.25) is 0 Å². The largest absolute Gasteiger partial charge is 0.460 e. The van der Waals surface area contributed by atoms with Gasteiger partial charge in [-0.3, -0.25) is 0 Å². The van der Waals surface area contributed by atoms with Gasteiger partial charge in [0.05, 0.1) is 6.61 Å². The van der Waals surface area contributed by atoms with E-state index in [2.05, 4.69) is 4.18 Å². The fourth-order valence-corrected chi connectivity index (χ4v) is 3.24. The third kappa shape index (κ3) is 4.15. The number of methoxy groups -OCH3 is 1. The highest BCUT2D eigenvalue weighted by molar-refractivity contribution is 7.88. The van der Waals surface area contributed by atoms with Crippen LogP contribution >= 0.6 is 0 Å². The summed E-state index contributed by atoms with van der Waals surface area (Å²) in [5, 5.41) is -6.85. The molecule has 0 N–H and O–H groups in total. The molecule has 0 saturated heterocycles. The van der Waals surface area contributed by atoms with Crippen molar-refractivity contribution in [1.29, 1.82) is 0 Å². The van der Waals surface area contributed by atoms with Crippen LogP contribution in [-0.2, 0) is 19.0 Å². The SMILES string of the molecule is COCC1(C)CC=C(OS(=O)(=O)C(F)(F)C(F)(F)C(F)(F)C(F)(F)F)CC1. The molecule has 0 heterocycles. The van der Waals surface area contributed by atoms with E-state index in [4.69, 9.17) is 4.74 Å². The van der Waals surface area contributed by atoms with Crippen molar-refractivity contribution in [3.63, 3.8) is 0 Å². The van der Waals surface area contributed by atoms with E-state index in [1.807, 2.05) is 0 Å². The summed E-state index contributed by atoms with van der Waals surface area (Å²) < 4.78 is 147. The molecule has 0 aliphatic heterocycles. The smallest absolute Gasteiger partial charge is 0.384 e. The first-order valence-electron chi connectivity index (χ1n) is 7.17. The van der Waals surface area contributed by atoms with Crippen LogP contribution in [0.4, 0.5) is 39.5 Å². The van der Waals surface area contributed by atoms with Gasteiger partial charge in [0.25, 0.3) is 0 Å². The molecule has 0 aromatic carbocycles. The summed E-state index contributed by atoms with van der Waals surface area (Å²) >= 11 is 0. The van der Waals surface area contributed by atoms with Gasteiger partial charge in [-0.1, -0.05) is 6.92 Å². The summed E-state index contributed by atoms with van der Waals surface area (Å²) in [6, 6.07) is 0. The fourth-order valence-electron chi connectivity index (χ4n) is 2.26. The molecule has 0 radical (unpaired) electrons. The van der Waals surface area contributed by atoms with Crippen molar-refractivity contribution in [1.82, 2.24) is 0 Å². The van der Waals surface area contributed by atoms with Gasteiger partial charge >= 0.3 is 33.4 Å². The van der Waals surface area contributed by atoms with Crippen molar-refractivity contribution in [3.05, 3.63) is 11.8 Å². The predicted octanol–water partition coefficient (Wildman–Crippen LogP) is 4.48. The molecule has 1 aliphatic carbocycles. The lowest BCUT2D eigenvalue weighted by Gasteiger charge is -2.34. The van der Waals surface area contributed by atoms with Crippen LogP contribution in [0.25, 0.3) is 0 Å². The molecule has 4 nitrogen and oxygen atoms in total. The van der Waals surface area contributed by atoms with E-state index in [0.29, 0.717) is 0 Å². The van der Waals surface area contributed by atoms with E-state index in [9.17, 15) is 47.9 Å². The number of alkyl halides is 9. The van der Waals surface area contributed by atoms with Crippen molar-refractivity contribution >= 4 is 10.1 Å². The molecule has 0 bridgehead atoms. The molecule has 27 heavy (non-hydrogen) atoms. The summed E-state index contributed by atoms with van der Waals surface area (Å²) in [5.41, 5.74) is -0.554. The van der Waals surface area contributed by atoms with Gasteiger partial charge in [-0.15, -0.1) is 0 Å². The molecule has 1 atom stereocenters. The third-order valence-corrected chi connectivity index (χ3v) is 5.25. The zero-order chi connectivity index (χ0) is 21.5. The Morgan fingerprint density at radius 1 is 1.04 bits per heavy atom. The Balaban J connectivity index is 3.15. The maximum atomic E-state index is 13.5. The topological polar surface area (TPSA) is 52.6 Å². The molecule has 0 saturated carbocycles. The monoisotopic (exact) mass is 438 g/mol. The predicted molar refractivity (Wildman–Crippen MR) is 72.8 cm³/mol. The zero-order valence-corrected chi connectivity index (χ0v) is 14.7. The number of hydrogen-bond acceptors (Lipinski definition) is 4. The van der Waals surface area contributed by atoms with E-state index >= 15 is 0 Å². The summed E-state index contributed by atoms with van der Waals surface area (Å²) in [6.45, 7) is 1.85. The Labute approximate surface area is 148 Å². The lowest BCUT2D eigenvalue weighted by atomic mass is 9.79. The average Bonchev–Trinajstić information content (AvgIpc) is 2.48. The number of rotatable bonds is 7. The van der Waals surface area contributed by atoms with Crippen LogP contribution in [0.2, 0.25) is 0 Å². The number of hydrogen-bond donors (Lipinski definition) is 0. The molecule has 14 heteroatoms. The minimum Gasteiger partial charge on any atom is -0.384 e. The Kier molecular flexibility index (Phi) is 6.19. The second-order valence-corrected chi connectivity index (χ2v) is 7.91. The fraction of sp³-hybridized carbons (Fsp3) is 0.846. The molecule has 0 aromatic heterocycles. The maximum absolute atomic E-state index is 13.5. The van der Waals surface area contributed by atoms with E-state index in [1.165, 1.54) is 7.11 Å². The highest BCUT2D eigenvalue weighted by Crippen LogP contribution is 2.55. The first kappa shape index (κ1) is 23.9. The standard InChI is InChI=1S/C13H15F9O4S/c1-9(7-25-2)5-3-8(4-6-9)26-27(23,24)13(21,22)11(16,17)10(14,15)12(18,19)20/h3H,4-7H2,1-2H3. The molecule has 0 spiro atoms. The minimum absolute atomic E-state index is 0.00632. The third-order valence-electron chi connectivity index (χ3n) is 3.94. The first-order valence-corrected chi connectivity index (χ1v) is 8.58. The van der Waals surface area contributed by atoms with Crippen LogP contribution in [0.1, 0.15) is 26.2 Å². The van der Waals surface area contributed by atoms with Gasteiger partial charge in [0.1, 0.15) is 5.76 Å². The van der Waals surface area contributed by atoms with Crippen molar-refractivity contribution < 1.29 is 56.9 Å². The maximum Gasteiger partial charge on any atom is 0.460 e. The second-order valence-electron chi connectivity index (χ2n) is 6.32. The summed E-state index contributed by atoms with van der Waals surface area (Å²) in [7, 11) is -5.52. The molecular formula is C13H15F9O4S. The van der Waals surface area contributed by atoms with Crippen LogP contribution in [0.5, 0.6) is 0 Å². The van der Waals surface area contributed by atoms with Gasteiger partial charge in [-0.05, 0) is 24.3 Å². The van der Waals surface area contributed by atoms with Gasteiger partial charge in [-0.2, -0.15) is 47.9 Å². The number of allylic oxidation sites excluding steroid dienone is 2. The Hall–Kier alpha value is -1.18. The lowest BCUT2D eigenvalue weighted by Crippen LogP contribution is -2.63. The molecular weight excluding hydrogens is 423 g/mol. The van der Waals surface area contributed by atoms with Gasteiger partial charge in [0, 0.05) is 13.5 Å².